The van der Waals surface area contributed by atoms with Crippen LogP contribution in [0, 0.1) is 5.92 Å². The van der Waals surface area contributed by atoms with Crippen molar-refractivity contribution < 1.29 is 9.90 Å². The lowest BCUT2D eigenvalue weighted by molar-refractivity contribution is -0.139. The molecule has 1 aromatic rings. The number of aliphatic carboxylic acids is 1. The highest BCUT2D eigenvalue weighted by Crippen LogP contribution is 2.15. The van der Waals surface area contributed by atoms with Gasteiger partial charge in [-0.3, -0.25) is 4.79 Å². The summed E-state index contributed by atoms with van der Waals surface area (Å²) in [6, 6.07) is 8.77. The van der Waals surface area contributed by atoms with Crippen molar-refractivity contribution in [2.75, 3.05) is 0 Å². The van der Waals surface area contributed by atoms with E-state index < -0.39 is 18.1 Å². The second-order valence-electron chi connectivity index (χ2n) is 4.89. The van der Waals surface area contributed by atoms with Gasteiger partial charge >= 0.3 is 5.97 Å². The Hall–Kier alpha value is -1.39. The average Bonchev–Trinajstić information content (AvgIpc) is 2.36. The van der Waals surface area contributed by atoms with Gasteiger partial charge in [0, 0.05) is 6.04 Å². The van der Waals surface area contributed by atoms with Crippen molar-refractivity contribution >= 4 is 5.97 Å². The van der Waals surface area contributed by atoms with E-state index in [9.17, 15) is 4.79 Å². The van der Waals surface area contributed by atoms with Crippen molar-refractivity contribution in [3.05, 3.63) is 35.9 Å². The highest BCUT2D eigenvalue weighted by molar-refractivity contribution is 5.74. The molecule has 0 amide bonds. The average molecular weight is 250 g/mol. The van der Waals surface area contributed by atoms with Crippen molar-refractivity contribution in [2.45, 2.75) is 38.3 Å². The second-order valence-corrected chi connectivity index (χ2v) is 4.89. The van der Waals surface area contributed by atoms with Crippen molar-refractivity contribution in [3.63, 3.8) is 0 Å². The van der Waals surface area contributed by atoms with E-state index in [1.54, 1.807) is 0 Å². The number of rotatable bonds is 7. The van der Waals surface area contributed by atoms with Crippen LogP contribution >= 0.6 is 0 Å². The molecule has 0 aliphatic rings. The first-order chi connectivity index (χ1) is 8.50. The van der Waals surface area contributed by atoms with Crippen LogP contribution in [0.1, 0.15) is 25.3 Å². The van der Waals surface area contributed by atoms with Gasteiger partial charge in [0.15, 0.2) is 0 Å². The molecule has 0 radical (unpaired) electrons. The first-order valence-corrected chi connectivity index (χ1v) is 6.28. The SMILES string of the molecule is C[C@H](CCc1ccccc1)C[C@H](N)C(N)C(=O)O. The number of carboxylic acid groups (broad SMARTS) is 1. The van der Waals surface area contributed by atoms with Crippen LogP contribution < -0.4 is 11.5 Å². The lowest BCUT2D eigenvalue weighted by Gasteiger charge is -2.20. The van der Waals surface area contributed by atoms with Crippen LogP contribution in [0.15, 0.2) is 30.3 Å². The number of carboxylic acids is 1. The maximum Gasteiger partial charge on any atom is 0.322 e. The number of nitrogens with two attached hydrogens (primary N) is 2. The first kappa shape index (κ1) is 14.7. The van der Waals surface area contributed by atoms with Crippen molar-refractivity contribution in [3.8, 4) is 0 Å². The van der Waals surface area contributed by atoms with Gasteiger partial charge in [0.25, 0.3) is 0 Å². The zero-order valence-electron chi connectivity index (χ0n) is 10.8. The molecule has 0 aromatic heterocycles. The topological polar surface area (TPSA) is 89.3 Å². The lowest BCUT2D eigenvalue weighted by Crippen LogP contribution is -2.47. The summed E-state index contributed by atoms with van der Waals surface area (Å²) in [6.07, 6.45) is 2.61. The third-order valence-corrected chi connectivity index (χ3v) is 3.19. The molecule has 0 heterocycles. The van der Waals surface area contributed by atoms with Gasteiger partial charge in [-0.1, -0.05) is 37.3 Å². The Balaban J connectivity index is 2.33. The molecule has 0 saturated carbocycles. The molecule has 0 aliphatic heterocycles. The molecule has 0 spiro atoms. The van der Waals surface area contributed by atoms with Gasteiger partial charge in [-0.25, -0.2) is 0 Å². The summed E-state index contributed by atoms with van der Waals surface area (Å²) in [4.78, 5) is 10.7. The van der Waals surface area contributed by atoms with Crippen LogP contribution in [-0.4, -0.2) is 23.2 Å². The molecule has 5 N–H and O–H groups in total. The van der Waals surface area contributed by atoms with Gasteiger partial charge in [-0.2, -0.15) is 0 Å². The van der Waals surface area contributed by atoms with Crippen LogP contribution in [-0.2, 0) is 11.2 Å². The summed E-state index contributed by atoms with van der Waals surface area (Å²) in [5.74, 6) is -0.664. The Labute approximate surface area is 108 Å². The van der Waals surface area contributed by atoms with Crippen molar-refractivity contribution in [1.82, 2.24) is 0 Å². The Kier molecular flexibility index (Phi) is 5.82. The van der Waals surface area contributed by atoms with Gasteiger partial charge in [-0.05, 0) is 30.7 Å². The van der Waals surface area contributed by atoms with Crippen LogP contribution in [0.3, 0.4) is 0 Å². The summed E-state index contributed by atoms with van der Waals surface area (Å²) < 4.78 is 0. The van der Waals surface area contributed by atoms with Gasteiger partial charge < -0.3 is 16.6 Å². The van der Waals surface area contributed by atoms with E-state index in [4.69, 9.17) is 16.6 Å². The monoisotopic (exact) mass is 250 g/mol. The van der Waals surface area contributed by atoms with E-state index in [0.717, 1.165) is 12.8 Å². The van der Waals surface area contributed by atoms with Crippen molar-refractivity contribution in [2.24, 2.45) is 17.4 Å². The number of aryl methyl sites for hydroxylation is 1. The fraction of sp³-hybridized carbons (Fsp3) is 0.500. The van der Waals surface area contributed by atoms with Crippen LogP contribution in [0.5, 0.6) is 0 Å². The van der Waals surface area contributed by atoms with E-state index in [0.29, 0.717) is 12.3 Å². The molecule has 18 heavy (non-hydrogen) atoms. The molecular weight excluding hydrogens is 228 g/mol. The fourth-order valence-electron chi connectivity index (χ4n) is 1.97. The molecule has 1 aromatic carbocycles. The van der Waals surface area contributed by atoms with E-state index in [2.05, 4.69) is 19.1 Å². The summed E-state index contributed by atoms with van der Waals surface area (Å²) in [6.45, 7) is 2.08. The maximum atomic E-state index is 10.7. The van der Waals surface area contributed by atoms with Crippen LogP contribution in [0.2, 0.25) is 0 Å². The molecular formula is C14H22N2O2. The first-order valence-electron chi connectivity index (χ1n) is 6.28. The Morgan fingerprint density at radius 3 is 2.44 bits per heavy atom. The van der Waals surface area contributed by atoms with E-state index in [-0.39, 0.29) is 0 Å². The largest absolute Gasteiger partial charge is 0.480 e. The highest BCUT2D eigenvalue weighted by Gasteiger charge is 2.22. The second kappa shape index (κ2) is 7.13. The Bertz CT molecular complexity index is 367. The highest BCUT2D eigenvalue weighted by atomic mass is 16.4. The quantitative estimate of drug-likeness (QED) is 0.682. The minimum atomic E-state index is -1.03. The third-order valence-electron chi connectivity index (χ3n) is 3.19. The predicted molar refractivity (Wildman–Crippen MR) is 72.1 cm³/mol. The summed E-state index contributed by atoms with van der Waals surface area (Å²) in [5.41, 5.74) is 12.6. The minimum Gasteiger partial charge on any atom is -0.480 e. The minimum absolute atomic E-state index is 0.366. The molecule has 0 saturated heterocycles. The van der Waals surface area contributed by atoms with Crippen molar-refractivity contribution in [1.29, 1.82) is 0 Å². The summed E-state index contributed by atoms with van der Waals surface area (Å²) in [7, 11) is 0. The number of carbonyl (C=O) groups is 1. The van der Waals surface area contributed by atoms with Gasteiger partial charge in [-0.15, -0.1) is 0 Å². The number of benzene rings is 1. The van der Waals surface area contributed by atoms with Crippen LogP contribution in [0.4, 0.5) is 0 Å². The molecule has 4 nitrogen and oxygen atoms in total. The molecule has 100 valence electrons. The van der Waals surface area contributed by atoms with Gasteiger partial charge in [0.1, 0.15) is 6.04 Å². The molecule has 1 unspecified atom stereocenters. The third kappa shape index (κ3) is 4.85. The molecule has 0 aliphatic carbocycles. The lowest BCUT2D eigenvalue weighted by atomic mass is 9.92. The molecule has 3 atom stereocenters. The number of hydrogen-bond acceptors (Lipinski definition) is 3. The molecule has 0 fully saturated rings. The molecule has 1 rings (SSSR count). The van der Waals surface area contributed by atoms with Gasteiger partial charge in [0.2, 0.25) is 0 Å². The predicted octanol–water partition coefficient (Wildman–Crippen LogP) is 1.38. The summed E-state index contributed by atoms with van der Waals surface area (Å²) >= 11 is 0. The number of hydrogen-bond donors (Lipinski definition) is 3. The van der Waals surface area contributed by atoms with E-state index >= 15 is 0 Å². The van der Waals surface area contributed by atoms with Crippen LogP contribution in [0.25, 0.3) is 0 Å². The zero-order chi connectivity index (χ0) is 13.5. The maximum absolute atomic E-state index is 10.7. The molecule has 4 heteroatoms. The van der Waals surface area contributed by atoms with E-state index in [1.807, 2.05) is 18.2 Å². The summed E-state index contributed by atoms with van der Waals surface area (Å²) in [5, 5.41) is 8.77. The Morgan fingerprint density at radius 1 is 1.28 bits per heavy atom. The zero-order valence-corrected chi connectivity index (χ0v) is 10.8. The molecule has 0 bridgehead atoms. The fourth-order valence-corrected chi connectivity index (χ4v) is 1.97. The van der Waals surface area contributed by atoms with Gasteiger partial charge in [0.05, 0.1) is 0 Å². The standard InChI is InChI=1S/C14H22N2O2/c1-10(9-12(15)13(16)14(17)18)7-8-11-5-3-2-4-6-11/h2-6,10,12-13H,7-9,15-16H2,1H3,(H,17,18)/t10-,12+,13?/m1/s1. The smallest absolute Gasteiger partial charge is 0.322 e. The Morgan fingerprint density at radius 2 is 1.89 bits per heavy atom. The normalized spacial score (nSPS) is 15.9. The van der Waals surface area contributed by atoms with E-state index in [1.165, 1.54) is 5.56 Å².